The van der Waals surface area contributed by atoms with Crippen molar-refractivity contribution < 1.29 is 0 Å². The van der Waals surface area contributed by atoms with Gasteiger partial charge in [-0.2, -0.15) is 5.10 Å². The summed E-state index contributed by atoms with van der Waals surface area (Å²) < 4.78 is 3.08. The monoisotopic (exact) mass is 321 g/mol. The number of hydrogen-bond acceptors (Lipinski definition) is 2. The first-order valence-corrected chi connectivity index (χ1v) is 7.46. The van der Waals surface area contributed by atoms with Gasteiger partial charge in [0.05, 0.1) is 12.2 Å². The number of rotatable bonds is 5. The van der Waals surface area contributed by atoms with E-state index in [1.165, 1.54) is 16.7 Å². The van der Waals surface area contributed by atoms with Crippen LogP contribution < -0.4 is 5.32 Å². The normalized spacial score (nSPS) is 12.6. The van der Waals surface area contributed by atoms with Crippen LogP contribution in [0.25, 0.3) is 0 Å². The van der Waals surface area contributed by atoms with Crippen LogP contribution in [0.1, 0.15) is 36.6 Å². The van der Waals surface area contributed by atoms with Gasteiger partial charge in [-0.15, -0.1) is 0 Å². The molecule has 1 N–H and O–H groups in total. The zero-order valence-corrected chi connectivity index (χ0v) is 13.2. The number of nitrogens with zero attached hydrogens (tertiary/aromatic N) is 2. The molecule has 1 aromatic heterocycles. The third-order valence-corrected chi connectivity index (χ3v) is 3.75. The van der Waals surface area contributed by atoms with Crippen molar-refractivity contribution in [1.82, 2.24) is 15.1 Å². The van der Waals surface area contributed by atoms with E-state index >= 15 is 0 Å². The molecule has 0 fully saturated rings. The molecule has 0 saturated heterocycles. The van der Waals surface area contributed by atoms with Crippen LogP contribution >= 0.6 is 15.9 Å². The minimum Gasteiger partial charge on any atom is -0.306 e. The van der Waals surface area contributed by atoms with Crippen LogP contribution in [0.4, 0.5) is 0 Å². The third kappa shape index (κ3) is 3.25. The van der Waals surface area contributed by atoms with Crippen molar-refractivity contribution >= 4 is 15.9 Å². The second kappa shape index (κ2) is 6.35. The second-order valence-electron chi connectivity index (χ2n) is 4.62. The first-order valence-electron chi connectivity index (χ1n) is 6.67. The van der Waals surface area contributed by atoms with Crippen molar-refractivity contribution in [3.8, 4) is 0 Å². The van der Waals surface area contributed by atoms with Crippen LogP contribution in [0.2, 0.25) is 0 Å². The summed E-state index contributed by atoms with van der Waals surface area (Å²) in [7, 11) is 0. The average Bonchev–Trinajstić information content (AvgIpc) is 2.85. The molecule has 0 saturated carbocycles. The summed E-state index contributed by atoms with van der Waals surface area (Å²) in [4.78, 5) is 0. The maximum absolute atomic E-state index is 4.38. The molecule has 0 aliphatic heterocycles. The predicted octanol–water partition coefficient (Wildman–Crippen LogP) is 3.67. The highest BCUT2D eigenvalue weighted by molar-refractivity contribution is 9.10. The molecule has 0 aliphatic carbocycles. The van der Waals surface area contributed by atoms with Gasteiger partial charge in [0.25, 0.3) is 0 Å². The van der Waals surface area contributed by atoms with Gasteiger partial charge in [0.1, 0.15) is 0 Å². The van der Waals surface area contributed by atoms with Crippen molar-refractivity contribution in [3.63, 3.8) is 0 Å². The highest BCUT2D eigenvalue weighted by Crippen LogP contribution is 2.26. The molecule has 0 amide bonds. The molecule has 3 nitrogen and oxygen atoms in total. The summed E-state index contributed by atoms with van der Waals surface area (Å²) in [6, 6.07) is 6.63. The highest BCUT2D eigenvalue weighted by atomic mass is 79.9. The summed E-state index contributed by atoms with van der Waals surface area (Å²) in [6.07, 6.45) is 4.08. The number of benzene rings is 1. The van der Waals surface area contributed by atoms with Gasteiger partial charge in [-0.05, 0) is 43.7 Å². The van der Waals surface area contributed by atoms with Gasteiger partial charge in [-0.1, -0.05) is 28.9 Å². The molecule has 0 bridgehead atoms. The van der Waals surface area contributed by atoms with Gasteiger partial charge in [-0.25, -0.2) is 0 Å². The summed E-state index contributed by atoms with van der Waals surface area (Å²) in [5, 5.41) is 7.92. The quantitative estimate of drug-likeness (QED) is 0.910. The fourth-order valence-electron chi connectivity index (χ4n) is 2.28. The SMILES string of the molecule is CCNC(c1cnn(CC)c1)c1ccc(Br)cc1C. The summed E-state index contributed by atoms with van der Waals surface area (Å²) >= 11 is 3.52. The van der Waals surface area contributed by atoms with Gasteiger partial charge in [0.15, 0.2) is 0 Å². The Balaban J connectivity index is 2.38. The van der Waals surface area contributed by atoms with Crippen molar-refractivity contribution in [3.05, 3.63) is 51.8 Å². The summed E-state index contributed by atoms with van der Waals surface area (Å²) in [5.74, 6) is 0. The minimum absolute atomic E-state index is 0.207. The van der Waals surface area contributed by atoms with Gasteiger partial charge in [0.2, 0.25) is 0 Å². The van der Waals surface area contributed by atoms with E-state index in [4.69, 9.17) is 0 Å². The number of hydrogen-bond donors (Lipinski definition) is 1. The largest absolute Gasteiger partial charge is 0.306 e. The Kier molecular flexibility index (Phi) is 4.77. The smallest absolute Gasteiger partial charge is 0.0610 e. The molecule has 1 aromatic carbocycles. The molecule has 0 aliphatic rings. The number of halogens is 1. The van der Waals surface area contributed by atoms with E-state index in [-0.39, 0.29) is 6.04 Å². The lowest BCUT2D eigenvalue weighted by molar-refractivity contribution is 0.622. The van der Waals surface area contributed by atoms with Crippen LogP contribution in [0.3, 0.4) is 0 Å². The zero-order chi connectivity index (χ0) is 13.8. The maximum Gasteiger partial charge on any atom is 0.0610 e. The fraction of sp³-hybridized carbons (Fsp3) is 0.400. The first kappa shape index (κ1) is 14.3. The van der Waals surface area contributed by atoms with E-state index in [0.29, 0.717) is 0 Å². The number of aromatic nitrogens is 2. The van der Waals surface area contributed by atoms with Crippen LogP contribution in [-0.2, 0) is 6.54 Å². The van der Waals surface area contributed by atoms with Gasteiger partial charge in [-0.3, -0.25) is 4.68 Å². The maximum atomic E-state index is 4.38. The molecule has 1 unspecified atom stereocenters. The van der Waals surface area contributed by atoms with Crippen molar-refractivity contribution in [1.29, 1.82) is 0 Å². The lowest BCUT2D eigenvalue weighted by atomic mass is 9.97. The van der Waals surface area contributed by atoms with Gasteiger partial charge >= 0.3 is 0 Å². The molecule has 2 rings (SSSR count). The predicted molar refractivity (Wildman–Crippen MR) is 82.3 cm³/mol. The van der Waals surface area contributed by atoms with Crippen molar-refractivity contribution in [2.24, 2.45) is 0 Å². The Morgan fingerprint density at radius 1 is 1.37 bits per heavy atom. The topological polar surface area (TPSA) is 29.9 Å². The minimum atomic E-state index is 0.207. The molecule has 4 heteroatoms. The van der Waals surface area contributed by atoms with E-state index < -0.39 is 0 Å². The lowest BCUT2D eigenvalue weighted by Crippen LogP contribution is -2.22. The van der Waals surface area contributed by atoms with E-state index in [1.54, 1.807) is 0 Å². The second-order valence-corrected chi connectivity index (χ2v) is 5.54. The van der Waals surface area contributed by atoms with Crippen LogP contribution in [0, 0.1) is 6.92 Å². The Hall–Kier alpha value is -1.13. The lowest BCUT2D eigenvalue weighted by Gasteiger charge is -2.19. The Bertz CT molecular complexity index is 548. The molecule has 2 aromatic rings. The van der Waals surface area contributed by atoms with Crippen LogP contribution in [0.15, 0.2) is 35.1 Å². The van der Waals surface area contributed by atoms with Gasteiger partial charge < -0.3 is 5.32 Å². The Morgan fingerprint density at radius 2 is 2.16 bits per heavy atom. The van der Waals surface area contributed by atoms with Gasteiger partial charge in [0, 0.05) is 22.8 Å². The Labute approximate surface area is 123 Å². The molecule has 0 spiro atoms. The van der Waals surface area contributed by atoms with Crippen LogP contribution in [0.5, 0.6) is 0 Å². The van der Waals surface area contributed by atoms with E-state index in [1.807, 2.05) is 10.9 Å². The van der Waals surface area contributed by atoms with E-state index in [2.05, 4.69) is 71.5 Å². The van der Waals surface area contributed by atoms with Crippen molar-refractivity contribution in [2.45, 2.75) is 33.4 Å². The molecule has 19 heavy (non-hydrogen) atoms. The summed E-state index contributed by atoms with van der Waals surface area (Å²) in [6.45, 7) is 8.21. The number of aryl methyl sites for hydroxylation is 2. The molecule has 1 atom stereocenters. The third-order valence-electron chi connectivity index (χ3n) is 3.26. The molecule has 1 heterocycles. The fourth-order valence-corrected chi connectivity index (χ4v) is 2.75. The zero-order valence-electron chi connectivity index (χ0n) is 11.7. The number of nitrogens with one attached hydrogen (secondary N) is 1. The molecular weight excluding hydrogens is 302 g/mol. The molecule has 0 radical (unpaired) electrons. The van der Waals surface area contributed by atoms with Crippen LogP contribution in [-0.4, -0.2) is 16.3 Å². The first-order chi connectivity index (χ1) is 9.15. The molecular formula is C15H20BrN3. The average molecular weight is 322 g/mol. The molecule has 102 valence electrons. The van der Waals surface area contributed by atoms with Crippen molar-refractivity contribution in [2.75, 3.05) is 6.54 Å². The van der Waals surface area contributed by atoms with E-state index in [0.717, 1.165) is 17.6 Å². The standard InChI is InChI=1S/C15H20BrN3/c1-4-17-15(12-9-18-19(5-2)10-12)14-7-6-13(16)8-11(14)3/h6-10,15,17H,4-5H2,1-3H3. The highest BCUT2D eigenvalue weighted by Gasteiger charge is 2.16. The summed E-state index contributed by atoms with van der Waals surface area (Å²) in [5.41, 5.74) is 3.80. The Morgan fingerprint density at radius 3 is 2.74 bits per heavy atom. The van der Waals surface area contributed by atoms with E-state index in [9.17, 15) is 0 Å².